The lowest BCUT2D eigenvalue weighted by Crippen LogP contribution is -2.24. The van der Waals surface area contributed by atoms with Gasteiger partial charge in [-0.3, -0.25) is 4.79 Å². The highest BCUT2D eigenvalue weighted by molar-refractivity contribution is 6.32. The minimum atomic E-state index is -0.885. The quantitative estimate of drug-likeness (QED) is 0.857. The summed E-state index contributed by atoms with van der Waals surface area (Å²) in [6.45, 7) is -0.0668. The van der Waals surface area contributed by atoms with E-state index in [4.69, 9.17) is 21.4 Å². The van der Waals surface area contributed by atoms with Crippen LogP contribution in [0.4, 0.5) is 5.69 Å². The number of carbonyl (C=O) groups is 1. The van der Waals surface area contributed by atoms with E-state index < -0.39 is 5.97 Å². The number of likely N-dealkylation sites (N-methyl/N-ethyl adjacent to an activating group) is 1. The van der Waals surface area contributed by atoms with Crippen molar-refractivity contribution < 1.29 is 14.6 Å². The zero-order chi connectivity index (χ0) is 11.4. The average molecular weight is 230 g/mol. The van der Waals surface area contributed by atoms with E-state index in [2.05, 4.69) is 0 Å². The van der Waals surface area contributed by atoms with Gasteiger partial charge in [-0.05, 0) is 18.2 Å². The monoisotopic (exact) mass is 229 g/mol. The van der Waals surface area contributed by atoms with Gasteiger partial charge >= 0.3 is 5.97 Å². The van der Waals surface area contributed by atoms with Crippen LogP contribution in [0.5, 0.6) is 5.75 Å². The summed E-state index contributed by atoms with van der Waals surface area (Å²) in [5.41, 5.74) is 0.739. The van der Waals surface area contributed by atoms with E-state index in [9.17, 15) is 4.79 Å². The van der Waals surface area contributed by atoms with Gasteiger partial charge in [0.05, 0.1) is 12.1 Å². The van der Waals surface area contributed by atoms with Crippen LogP contribution in [-0.2, 0) is 4.79 Å². The minimum absolute atomic E-state index is 0.0668. The van der Waals surface area contributed by atoms with E-state index in [0.29, 0.717) is 10.8 Å². The third-order valence-electron chi connectivity index (χ3n) is 1.95. The van der Waals surface area contributed by atoms with Crippen molar-refractivity contribution in [2.75, 3.05) is 25.6 Å². The SMILES string of the molecule is COc1ccc(N(C)CC(=O)O)cc1Cl. The Bertz CT molecular complexity index is 368. The second-order valence-electron chi connectivity index (χ2n) is 3.07. The number of benzene rings is 1. The van der Waals surface area contributed by atoms with Crippen molar-refractivity contribution in [3.05, 3.63) is 23.2 Å². The molecule has 1 rings (SSSR count). The maximum atomic E-state index is 10.5. The zero-order valence-electron chi connectivity index (χ0n) is 8.53. The molecule has 0 aromatic heterocycles. The average Bonchev–Trinajstić information content (AvgIpc) is 2.16. The summed E-state index contributed by atoms with van der Waals surface area (Å²) < 4.78 is 4.99. The molecular weight excluding hydrogens is 218 g/mol. The molecule has 0 bridgehead atoms. The Hall–Kier alpha value is -1.42. The Balaban J connectivity index is 2.87. The number of halogens is 1. The lowest BCUT2D eigenvalue weighted by Gasteiger charge is -2.17. The Morgan fingerprint density at radius 2 is 2.27 bits per heavy atom. The molecule has 0 unspecified atom stereocenters. The molecule has 0 fully saturated rings. The molecule has 82 valence electrons. The first kappa shape index (κ1) is 11.7. The third-order valence-corrected chi connectivity index (χ3v) is 2.24. The molecule has 0 aliphatic heterocycles. The van der Waals surface area contributed by atoms with Crippen LogP contribution in [0.15, 0.2) is 18.2 Å². The topological polar surface area (TPSA) is 49.8 Å². The van der Waals surface area contributed by atoms with Gasteiger partial charge in [0.25, 0.3) is 0 Å². The van der Waals surface area contributed by atoms with Crippen molar-refractivity contribution in [1.29, 1.82) is 0 Å². The summed E-state index contributed by atoms with van der Waals surface area (Å²) in [5, 5.41) is 9.08. The summed E-state index contributed by atoms with van der Waals surface area (Å²) in [5.74, 6) is -0.311. The predicted molar refractivity (Wildman–Crippen MR) is 58.9 cm³/mol. The number of nitrogens with zero attached hydrogens (tertiary/aromatic N) is 1. The fourth-order valence-corrected chi connectivity index (χ4v) is 1.44. The van der Waals surface area contributed by atoms with Gasteiger partial charge in [0.2, 0.25) is 0 Å². The number of anilines is 1. The second kappa shape index (κ2) is 4.89. The normalized spacial score (nSPS) is 9.80. The van der Waals surface area contributed by atoms with Crippen LogP contribution in [0.3, 0.4) is 0 Å². The van der Waals surface area contributed by atoms with Crippen molar-refractivity contribution in [2.24, 2.45) is 0 Å². The Morgan fingerprint density at radius 1 is 1.60 bits per heavy atom. The molecule has 0 saturated carbocycles. The summed E-state index contributed by atoms with van der Waals surface area (Å²) in [4.78, 5) is 12.1. The Kier molecular flexibility index (Phi) is 3.80. The van der Waals surface area contributed by atoms with Crippen molar-refractivity contribution >= 4 is 23.3 Å². The smallest absolute Gasteiger partial charge is 0.323 e. The first-order valence-electron chi connectivity index (χ1n) is 4.31. The lowest BCUT2D eigenvalue weighted by atomic mass is 10.3. The fraction of sp³-hybridized carbons (Fsp3) is 0.300. The Morgan fingerprint density at radius 3 is 2.73 bits per heavy atom. The van der Waals surface area contributed by atoms with Crippen LogP contribution in [0.2, 0.25) is 5.02 Å². The number of rotatable bonds is 4. The van der Waals surface area contributed by atoms with E-state index in [1.807, 2.05) is 0 Å². The van der Waals surface area contributed by atoms with Gasteiger partial charge < -0.3 is 14.7 Å². The molecule has 1 N–H and O–H groups in total. The summed E-state index contributed by atoms with van der Waals surface area (Å²) in [6.07, 6.45) is 0. The molecule has 0 heterocycles. The van der Waals surface area contributed by atoms with Crippen LogP contribution in [0.1, 0.15) is 0 Å². The summed E-state index contributed by atoms with van der Waals surface area (Å²) in [7, 11) is 3.22. The number of hydrogen-bond donors (Lipinski definition) is 1. The first-order valence-corrected chi connectivity index (χ1v) is 4.69. The first-order chi connectivity index (χ1) is 7.04. The van der Waals surface area contributed by atoms with Crippen molar-refractivity contribution in [2.45, 2.75) is 0 Å². The number of carboxylic acid groups (broad SMARTS) is 1. The molecule has 0 spiro atoms. The predicted octanol–water partition coefficient (Wildman–Crippen LogP) is 1.87. The van der Waals surface area contributed by atoms with Crippen molar-refractivity contribution in [3.8, 4) is 5.75 Å². The Labute approximate surface area is 93.0 Å². The molecule has 0 saturated heterocycles. The minimum Gasteiger partial charge on any atom is -0.495 e. The number of methoxy groups -OCH3 is 1. The van der Waals surface area contributed by atoms with E-state index in [1.54, 1.807) is 30.1 Å². The molecule has 0 radical (unpaired) electrons. The maximum absolute atomic E-state index is 10.5. The lowest BCUT2D eigenvalue weighted by molar-refractivity contribution is -0.135. The van der Waals surface area contributed by atoms with E-state index in [1.165, 1.54) is 7.11 Å². The molecule has 4 nitrogen and oxygen atoms in total. The van der Waals surface area contributed by atoms with Crippen molar-refractivity contribution in [3.63, 3.8) is 0 Å². The number of hydrogen-bond acceptors (Lipinski definition) is 3. The van der Waals surface area contributed by atoms with Gasteiger partial charge in [0.1, 0.15) is 12.3 Å². The molecular formula is C10H12ClNO3. The molecule has 15 heavy (non-hydrogen) atoms. The number of ether oxygens (including phenoxy) is 1. The molecule has 0 aliphatic carbocycles. The van der Waals surface area contributed by atoms with E-state index >= 15 is 0 Å². The standard InChI is InChI=1S/C10H12ClNO3/c1-12(6-10(13)14)7-3-4-9(15-2)8(11)5-7/h3-5H,6H2,1-2H3,(H,13,14). The van der Waals surface area contributed by atoms with Crippen molar-refractivity contribution in [1.82, 2.24) is 0 Å². The van der Waals surface area contributed by atoms with Gasteiger partial charge in [-0.15, -0.1) is 0 Å². The number of aliphatic carboxylic acids is 1. The summed E-state index contributed by atoms with van der Waals surface area (Å²) >= 11 is 5.91. The van der Waals surface area contributed by atoms with Gasteiger partial charge in [-0.2, -0.15) is 0 Å². The molecule has 0 aliphatic rings. The highest BCUT2D eigenvalue weighted by atomic mass is 35.5. The van der Waals surface area contributed by atoms with Gasteiger partial charge in [0.15, 0.2) is 0 Å². The fourth-order valence-electron chi connectivity index (χ4n) is 1.19. The van der Waals surface area contributed by atoms with Gasteiger partial charge in [0, 0.05) is 12.7 Å². The second-order valence-corrected chi connectivity index (χ2v) is 3.48. The molecule has 1 aromatic rings. The van der Waals surface area contributed by atoms with Gasteiger partial charge in [-0.1, -0.05) is 11.6 Å². The molecule has 5 heteroatoms. The van der Waals surface area contributed by atoms with Crippen LogP contribution in [-0.4, -0.2) is 31.8 Å². The van der Waals surface area contributed by atoms with Crippen LogP contribution < -0.4 is 9.64 Å². The maximum Gasteiger partial charge on any atom is 0.323 e. The van der Waals surface area contributed by atoms with Gasteiger partial charge in [-0.25, -0.2) is 0 Å². The molecule has 1 aromatic carbocycles. The zero-order valence-corrected chi connectivity index (χ0v) is 9.28. The molecule has 0 atom stereocenters. The molecule has 0 amide bonds. The van der Waals surface area contributed by atoms with Crippen LogP contribution in [0, 0.1) is 0 Å². The number of carboxylic acids is 1. The van der Waals surface area contributed by atoms with E-state index in [-0.39, 0.29) is 6.54 Å². The van der Waals surface area contributed by atoms with Crippen LogP contribution >= 0.6 is 11.6 Å². The third kappa shape index (κ3) is 3.02. The van der Waals surface area contributed by atoms with Crippen LogP contribution in [0.25, 0.3) is 0 Å². The van der Waals surface area contributed by atoms with E-state index in [0.717, 1.165) is 5.69 Å². The highest BCUT2D eigenvalue weighted by Crippen LogP contribution is 2.28. The highest BCUT2D eigenvalue weighted by Gasteiger charge is 2.08. The largest absolute Gasteiger partial charge is 0.495 e. The summed E-state index contributed by atoms with van der Waals surface area (Å²) in [6, 6.07) is 5.13.